The van der Waals surface area contributed by atoms with E-state index in [9.17, 15) is 25.4 Å². The Balaban J connectivity index is 1.79. The molecule has 0 radical (unpaired) electrons. The summed E-state index contributed by atoms with van der Waals surface area (Å²) in [6.07, 6.45) is 0. The molecule has 0 N–H and O–H groups in total. The summed E-state index contributed by atoms with van der Waals surface area (Å²) in [6.45, 7) is 1.55. The minimum atomic E-state index is -2.21. The van der Waals surface area contributed by atoms with E-state index in [0.29, 0.717) is 11.4 Å². The number of carbonyl (C=O) groups excluding carboxylic acids is 2. The van der Waals surface area contributed by atoms with Crippen molar-refractivity contribution < 1.29 is 14.5 Å². The fourth-order valence-corrected chi connectivity index (χ4v) is 7.60. The van der Waals surface area contributed by atoms with Crippen LogP contribution in [-0.4, -0.2) is 29.8 Å². The van der Waals surface area contributed by atoms with E-state index in [4.69, 9.17) is 0 Å². The Morgan fingerprint density at radius 3 is 2.05 bits per heavy atom. The Morgan fingerprint density at radius 1 is 0.872 bits per heavy atom. The molecule has 2 amide bonds. The Bertz CT molecular complexity index is 1640. The Hall–Kier alpha value is -5.02. The van der Waals surface area contributed by atoms with Gasteiger partial charge in [0.15, 0.2) is 10.8 Å². The molecule has 2 aliphatic heterocycles. The summed E-state index contributed by atoms with van der Waals surface area (Å²) >= 11 is 0. The maximum absolute atomic E-state index is 15.0. The van der Waals surface area contributed by atoms with Crippen LogP contribution in [0.4, 0.5) is 11.4 Å². The second-order valence-electron chi connectivity index (χ2n) is 10.4. The molecular formula is C30H23N5O4. The van der Waals surface area contributed by atoms with Gasteiger partial charge in [0, 0.05) is 23.3 Å². The molecule has 0 aromatic heterocycles. The summed E-state index contributed by atoms with van der Waals surface area (Å²) in [5.74, 6) is -2.60. The van der Waals surface area contributed by atoms with Crippen LogP contribution in [0.5, 0.6) is 0 Å². The van der Waals surface area contributed by atoms with Crippen molar-refractivity contribution in [3.05, 3.63) is 106 Å². The predicted octanol–water partition coefficient (Wildman–Crippen LogP) is 3.71. The Morgan fingerprint density at radius 2 is 1.44 bits per heavy atom. The summed E-state index contributed by atoms with van der Waals surface area (Å²) < 4.78 is 0. The summed E-state index contributed by atoms with van der Waals surface area (Å²) in [6, 6.07) is 25.0. The number of amides is 2. The molecule has 4 atom stereocenters. The van der Waals surface area contributed by atoms with Gasteiger partial charge in [0.1, 0.15) is 5.41 Å². The van der Waals surface area contributed by atoms with Gasteiger partial charge in [-0.15, -0.1) is 0 Å². The lowest BCUT2D eigenvalue weighted by atomic mass is 9.51. The molecule has 9 heteroatoms. The van der Waals surface area contributed by atoms with Crippen molar-refractivity contribution in [2.24, 2.45) is 11.3 Å². The number of hydrogen-bond donors (Lipinski definition) is 0. The highest BCUT2D eigenvalue weighted by Gasteiger charge is 2.90. The zero-order valence-corrected chi connectivity index (χ0v) is 21.2. The number of benzene rings is 3. The van der Waals surface area contributed by atoms with Gasteiger partial charge >= 0.3 is 0 Å². The molecule has 2 heterocycles. The van der Waals surface area contributed by atoms with E-state index in [1.807, 2.05) is 30.3 Å². The molecule has 3 aliphatic rings. The summed E-state index contributed by atoms with van der Waals surface area (Å²) in [5.41, 5.74) is -4.33. The van der Waals surface area contributed by atoms with Crippen LogP contribution in [0.2, 0.25) is 0 Å². The maximum Gasteiger partial charge on any atom is 0.246 e. The van der Waals surface area contributed by atoms with Crippen LogP contribution in [0.25, 0.3) is 0 Å². The number of rotatable bonds is 3. The number of nitriles is 2. The smallest absolute Gasteiger partial charge is 0.246 e. The molecule has 1 fully saturated rings. The zero-order chi connectivity index (χ0) is 27.7. The van der Waals surface area contributed by atoms with E-state index in [1.54, 1.807) is 48.5 Å². The Kier molecular flexibility index (Phi) is 4.98. The van der Waals surface area contributed by atoms with Crippen LogP contribution >= 0.6 is 0 Å². The summed E-state index contributed by atoms with van der Waals surface area (Å²) in [4.78, 5) is 44.9. The largest absolute Gasteiger partial charge is 0.314 e. The van der Waals surface area contributed by atoms with Gasteiger partial charge in [-0.2, -0.15) is 10.5 Å². The highest BCUT2D eigenvalue weighted by molar-refractivity contribution is 6.20. The summed E-state index contributed by atoms with van der Waals surface area (Å²) in [7, 11) is 1.51. The molecule has 3 aromatic rings. The molecule has 9 nitrogen and oxygen atoms in total. The number of fused-ring (bicyclic) bond motifs is 5. The number of likely N-dealkylation sites (N-methyl/N-ethyl adjacent to an activating group) is 1. The molecule has 0 saturated heterocycles. The van der Waals surface area contributed by atoms with Crippen molar-refractivity contribution in [2.45, 2.75) is 30.3 Å². The second kappa shape index (κ2) is 7.99. The van der Waals surface area contributed by atoms with Crippen molar-refractivity contribution in [3.8, 4) is 12.1 Å². The molecule has 0 bridgehead atoms. The van der Waals surface area contributed by atoms with Crippen molar-refractivity contribution in [2.75, 3.05) is 16.8 Å². The number of hydrogen-bond acceptors (Lipinski definition) is 6. The molecule has 39 heavy (non-hydrogen) atoms. The first kappa shape index (κ1) is 24.3. The quantitative estimate of drug-likeness (QED) is 0.384. The van der Waals surface area contributed by atoms with Crippen molar-refractivity contribution in [1.29, 1.82) is 10.5 Å². The van der Waals surface area contributed by atoms with E-state index in [-0.39, 0.29) is 17.7 Å². The van der Waals surface area contributed by atoms with Gasteiger partial charge in [-0.3, -0.25) is 19.7 Å². The van der Waals surface area contributed by atoms with Crippen molar-refractivity contribution in [3.63, 3.8) is 0 Å². The molecular weight excluding hydrogens is 494 g/mol. The fourth-order valence-electron chi connectivity index (χ4n) is 7.60. The topological polar surface area (TPSA) is 131 Å². The number of anilines is 2. The minimum absolute atomic E-state index is 0.102. The first-order valence-corrected chi connectivity index (χ1v) is 12.5. The normalized spacial score (nSPS) is 27.9. The fraction of sp³-hybridized carbons (Fsp3) is 0.267. The van der Waals surface area contributed by atoms with Crippen LogP contribution in [0, 0.1) is 44.1 Å². The highest BCUT2D eigenvalue weighted by atomic mass is 16.6. The van der Waals surface area contributed by atoms with Gasteiger partial charge in [-0.05, 0) is 28.8 Å². The van der Waals surface area contributed by atoms with Gasteiger partial charge in [0.05, 0.1) is 24.6 Å². The number of carbonyl (C=O) groups is 2. The van der Waals surface area contributed by atoms with Gasteiger partial charge in [-0.25, -0.2) is 0 Å². The molecule has 1 aliphatic carbocycles. The van der Waals surface area contributed by atoms with Crippen LogP contribution in [-0.2, 0) is 27.0 Å². The number of para-hydroxylation sites is 2. The zero-order valence-electron chi connectivity index (χ0n) is 21.2. The van der Waals surface area contributed by atoms with E-state index in [0.717, 1.165) is 5.56 Å². The highest BCUT2D eigenvalue weighted by Crippen LogP contribution is 2.73. The van der Waals surface area contributed by atoms with Crippen LogP contribution in [0.1, 0.15) is 23.6 Å². The van der Waals surface area contributed by atoms with Gasteiger partial charge in [-0.1, -0.05) is 73.7 Å². The lowest BCUT2D eigenvalue weighted by Gasteiger charge is -2.42. The molecule has 192 valence electrons. The summed E-state index contributed by atoms with van der Waals surface area (Å²) in [5, 5.41) is 34.5. The maximum atomic E-state index is 15.0. The lowest BCUT2D eigenvalue weighted by Crippen LogP contribution is -2.65. The number of nitro groups is 1. The third-order valence-corrected chi connectivity index (χ3v) is 9.04. The van der Waals surface area contributed by atoms with Gasteiger partial charge in [0.2, 0.25) is 17.9 Å². The van der Waals surface area contributed by atoms with E-state index >= 15 is 4.79 Å². The lowest BCUT2D eigenvalue weighted by molar-refractivity contribution is -0.537. The molecule has 3 aromatic carbocycles. The number of nitrogens with zero attached hydrogens (tertiary/aromatic N) is 5. The molecule has 6 rings (SSSR count). The first-order valence-electron chi connectivity index (χ1n) is 12.5. The third kappa shape index (κ3) is 2.48. The van der Waals surface area contributed by atoms with Crippen LogP contribution < -0.4 is 9.80 Å². The van der Waals surface area contributed by atoms with E-state index in [2.05, 4.69) is 12.1 Å². The standard InChI is InChI=1S/C30H23N5O4/c1-19-25(35(38)39)29(21-12-6-9-15-24(21)34(26(29)36)16-20-10-4-3-5-11-20)30(28(19,17-31)18-32)22-13-7-8-14-23(22)33(2)27(30)37/h3-15,19,25H,16H2,1-2H3. The van der Waals surface area contributed by atoms with Crippen molar-refractivity contribution >= 4 is 23.2 Å². The van der Waals surface area contributed by atoms with Gasteiger partial charge in [0.25, 0.3) is 0 Å². The third-order valence-electron chi connectivity index (χ3n) is 9.04. The van der Waals surface area contributed by atoms with Gasteiger partial charge < -0.3 is 9.80 Å². The van der Waals surface area contributed by atoms with Crippen LogP contribution in [0.15, 0.2) is 78.9 Å². The molecule has 2 spiro atoms. The average Bonchev–Trinajstić information content (AvgIpc) is 3.42. The van der Waals surface area contributed by atoms with Crippen molar-refractivity contribution in [1.82, 2.24) is 0 Å². The van der Waals surface area contributed by atoms with Crippen LogP contribution in [0.3, 0.4) is 0 Å². The second-order valence-corrected chi connectivity index (χ2v) is 10.4. The average molecular weight is 518 g/mol. The first-order chi connectivity index (χ1) is 18.8. The van der Waals surface area contributed by atoms with E-state index < -0.39 is 44.9 Å². The minimum Gasteiger partial charge on any atom is -0.314 e. The SMILES string of the molecule is CC1C([N+](=O)[O-])C2(C(=O)N(Cc3ccccc3)c3ccccc32)C2(C(=O)N(C)c3ccccc32)C1(C#N)C#N. The molecule has 1 saturated carbocycles. The Labute approximate surface area is 224 Å². The van der Waals surface area contributed by atoms with E-state index in [1.165, 1.54) is 23.8 Å². The predicted molar refractivity (Wildman–Crippen MR) is 141 cm³/mol. The monoisotopic (exact) mass is 517 g/mol. The molecule has 4 unspecified atom stereocenters.